The van der Waals surface area contributed by atoms with Crippen molar-refractivity contribution in [3.63, 3.8) is 0 Å². The Morgan fingerprint density at radius 3 is 2.58 bits per heavy atom. The highest BCUT2D eigenvalue weighted by Crippen LogP contribution is 2.33. The summed E-state index contributed by atoms with van der Waals surface area (Å²) in [6.07, 6.45) is 0. The maximum Gasteiger partial charge on any atom is 0.125 e. The highest BCUT2D eigenvalue weighted by molar-refractivity contribution is 5.60. The van der Waals surface area contributed by atoms with Gasteiger partial charge in [-0.25, -0.2) is 0 Å². The number of nitrogens with zero attached hydrogens (tertiary/aromatic N) is 2. The smallest absolute Gasteiger partial charge is 0.125 e. The number of benzene rings is 1. The monoisotopic (exact) mass is 261 g/mol. The second-order valence-corrected chi connectivity index (χ2v) is 4.75. The van der Waals surface area contributed by atoms with Crippen LogP contribution in [0.5, 0.6) is 5.75 Å². The molecule has 0 aliphatic carbocycles. The molecule has 0 spiro atoms. The zero-order valence-corrected chi connectivity index (χ0v) is 12.2. The van der Waals surface area contributed by atoms with Gasteiger partial charge in [0.15, 0.2) is 0 Å². The van der Waals surface area contributed by atoms with Crippen molar-refractivity contribution < 1.29 is 4.74 Å². The van der Waals surface area contributed by atoms with E-state index >= 15 is 0 Å². The largest absolute Gasteiger partial charge is 0.496 e. The molecule has 2 atom stereocenters. The number of ether oxygens (including phenoxy) is 1. The molecule has 0 fully saturated rings. The summed E-state index contributed by atoms with van der Waals surface area (Å²) >= 11 is 0. The second-order valence-electron chi connectivity index (χ2n) is 4.75. The highest BCUT2D eigenvalue weighted by Gasteiger charge is 2.18. The molecule has 4 nitrogen and oxygen atoms in total. The molecule has 0 aliphatic rings. The van der Waals surface area contributed by atoms with Crippen LogP contribution in [0, 0.1) is 17.2 Å². The van der Waals surface area contributed by atoms with E-state index < -0.39 is 0 Å². The molecule has 19 heavy (non-hydrogen) atoms. The number of rotatable bonds is 6. The van der Waals surface area contributed by atoms with Gasteiger partial charge in [0.1, 0.15) is 5.75 Å². The molecule has 104 valence electrons. The van der Waals surface area contributed by atoms with E-state index in [4.69, 9.17) is 15.7 Å². The van der Waals surface area contributed by atoms with E-state index in [0.717, 1.165) is 23.5 Å². The third-order valence-electron chi connectivity index (χ3n) is 3.16. The molecule has 1 unspecified atom stereocenters. The van der Waals surface area contributed by atoms with Crippen LogP contribution in [-0.2, 0) is 0 Å². The highest BCUT2D eigenvalue weighted by atomic mass is 16.5. The zero-order valence-electron chi connectivity index (χ0n) is 12.2. The van der Waals surface area contributed by atoms with Gasteiger partial charge in [-0.2, -0.15) is 5.26 Å². The molecule has 4 heteroatoms. The van der Waals surface area contributed by atoms with E-state index in [1.807, 2.05) is 32.0 Å². The van der Waals surface area contributed by atoms with Crippen LogP contribution in [0.15, 0.2) is 18.2 Å². The fourth-order valence-corrected chi connectivity index (χ4v) is 2.21. The molecule has 0 saturated heterocycles. The van der Waals surface area contributed by atoms with Crippen molar-refractivity contribution in [2.75, 3.05) is 25.1 Å². The number of nitriles is 1. The molecule has 0 amide bonds. The SMILES string of the molecule is CCN(CC(C)C#N)c1cccc(OC)c1[C@H](C)N. The summed E-state index contributed by atoms with van der Waals surface area (Å²) in [6, 6.07) is 8.07. The molecule has 0 heterocycles. The normalized spacial score (nSPS) is 13.5. The molecular formula is C15H23N3O. The van der Waals surface area contributed by atoms with Crippen LogP contribution in [0.2, 0.25) is 0 Å². The topological polar surface area (TPSA) is 62.3 Å². The Morgan fingerprint density at radius 1 is 1.42 bits per heavy atom. The van der Waals surface area contributed by atoms with Crippen molar-refractivity contribution in [2.45, 2.75) is 26.8 Å². The van der Waals surface area contributed by atoms with Gasteiger partial charge in [-0.1, -0.05) is 6.07 Å². The van der Waals surface area contributed by atoms with Crippen molar-refractivity contribution >= 4 is 5.69 Å². The van der Waals surface area contributed by atoms with Crippen molar-refractivity contribution in [2.24, 2.45) is 11.7 Å². The fourth-order valence-electron chi connectivity index (χ4n) is 2.21. The van der Waals surface area contributed by atoms with Crippen LogP contribution in [0.3, 0.4) is 0 Å². The summed E-state index contributed by atoms with van der Waals surface area (Å²) < 4.78 is 5.40. The van der Waals surface area contributed by atoms with Gasteiger partial charge in [-0.05, 0) is 32.9 Å². The quantitative estimate of drug-likeness (QED) is 0.855. The molecule has 0 bridgehead atoms. The Labute approximate surface area is 115 Å². The van der Waals surface area contributed by atoms with E-state index in [-0.39, 0.29) is 12.0 Å². The molecule has 2 N–H and O–H groups in total. The van der Waals surface area contributed by atoms with Gasteiger partial charge in [0.2, 0.25) is 0 Å². The lowest BCUT2D eigenvalue weighted by Gasteiger charge is -2.28. The van der Waals surface area contributed by atoms with E-state index in [9.17, 15) is 0 Å². The summed E-state index contributed by atoms with van der Waals surface area (Å²) in [4.78, 5) is 2.18. The van der Waals surface area contributed by atoms with Crippen molar-refractivity contribution in [3.05, 3.63) is 23.8 Å². The predicted octanol–water partition coefficient (Wildman–Crippen LogP) is 2.70. The Bertz CT molecular complexity index is 451. The first kappa shape index (κ1) is 15.3. The van der Waals surface area contributed by atoms with Gasteiger partial charge in [0.25, 0.3) is 0 Å². The second kappa shape index (κ2) is 7.01. The number of hydrogen-bond donors (Lipinski definition) is 1. The predicted molar refractivity (Wildman–Crippen MR) is 78.3 cm³/mol. The van der Waals surface area contributed by atoms with Crippen molar-refractivity contribution in [3.8, 4) is 11.8 Å². The summed E-state index contributed by atoms with van der Waals surface area (Å²) in [5, 5.41) is 8.98. The van der Waals surface area contributed by atoms with Gasteiger partial charge >= 0.3 is 0 Å². The van der Waals surface area contributed by atoms with Crippen LogP contribution in [0.1, 0.15) is 32.4 Å². The Balaban J connectivity index is 3.20. The van der Waals surface area contributed by atoms with Crippen molar-refractivity contribution in [1.82, 2.24) is 0 Å². The summed E-state index contributed by atoms with van der Waals surface area (Å²) in [7, 11) is 1.65. The molecule has 0 radical (unpaired) electrons. The number of nitrogens with two attached hydrogens (primary N) is 1. The molecule has 0 aromatic heterocycles. The van der Waals surface area contributed by atoms with E-state index in [1.165, 1.54) is 0 Å². The van der Waals surface area contributed by atoms with E-state index in [2.05, 4.69) is 17.9 Å². The van der Waals surface area contributed by atoms with Crippen molar-refractivity contribution in [1.29, 1.82) is 5.26 Å². The number of hydrogen-bond acceptors (Lipinski definition) is 4. The Hall–Kier alpha value is -1.73. The third-order valence-corrected chi connectivity index (χ3v) is 3.16. The van der Waals surface area contributed by atoms with Crippen LogP contribution < -0.4 is 15.4 Å². The molecule has 0 aliphatic heterocycles. The minimum absolute atomic E-state index is 0.0212. The molecular weight excluding hydrogens is 238 g/mol. The maximum absolute atomic E-state index is 8.98. The first-order valence-electron chi connectivity index (χ1n) is 6.62. The average molecular weight is 261 g/mol. The van der Waals surface area contributed by atoms with Gasteiger partial charge in [0.05, 0.1) is 19.1 Å². The fraction of sp³-hybridized carbons (Fsp3) is 0.533. The molecule has 0 saturated carbocycles. The maximum atomic E-state index is 8.98. The third kappa shape index (κ3) is 3.62. The Morgan fingerprint density at radius 2 is 2.11 bits per heavy atom. The minimum atomic E-state index is -0.113. The average Bonchev–Trinajstić information content (AvgIpc) is 2.43. The summed E-state index contributed by atoms with van der Waals surface area (Å²) in [6.45, 7) is 7.48. The standard InChI is InChI=1S/C15H23N3O/c1-5-18(10-11(2)9-16)13-7-6-8-14(19-4)15(13)12(3)17/h6-8,11-12H,5,10,17H2,1-4H3/t11?,12-/m0/s1. The van der Waals surface area contributed by atoms with E-state index in [1.54, 1.807) is 7.11 Å². The van der Waals surface area contributed by atoms with Gasteiger partial charge in [-0.3, -0.25) is 0 Å². The van der Waals surface area contributed by atoms with Gasteiger partial charge in [0, 0.05) is 30.4 Å². The first-order valence-corrected chi connectivity index (χ1v) is 6.62. The minimum Gasteiger partial charge on any atom is -0.496 e. The van der Waals surface area contributed by atoms with E-state index in [0.29, 0.717) is 6.54 Å². The van der Waals surface area contributed by atoms with Gasteiger partial charge in [-0.15, -0.1) is 0 Å². The number of methoxy groups -OCH3 is 1. The molecule has 1 aromatic carbocycles. The summed E-state index contributed by atoms with van der Waals surface area (Å²) in [5.74, 6) is 0.780. The lowest BCUT2D eigenvalue weighted by molar-refractivity contribution is 0.407. The van der Waals surface area contributed by atoms with Crippen LogP contribution in [0.25, 0.3) is 0 Å². The van der Waals surface area contributed by atoms with Gasteiger partial charge < -0.3 is 15.4 Å². The molecule has 1 rings (SSSR count). The molecule has 1 aromatic rings. The Kier molecular flexibility index (Phi) is 5.65. The lowest BCUT2D eigenvalue weighted by Crippen LogP contribution is -2.29. The van der Waals surface area contributed by atoms with Crippen LogP contribution in [0.4, 0.5) is 5.69 Å². The zero-order chi connectivity index (χ0) is 14.4. The number of anilines is 1. The first-order chi connectivity index (χ1) is 9.04. The van der Waals surface area contributed by atoms with Crippen LogP contribution in [-0.4, -0.2) is 20.2 Å². The van der Waals surface area contributed by atoms with Crippen LogP contribution >= 0.6 is 0 Å². The lowest BCUT2D eigenvalue weighted by atomic mass is 10.0. The summed E-state index contributed by atoms with van der Waals surface area (Å²) in [5.41, 5.74) is 8.13.